The van der Waals surface area contributed by atoms with Gasteiger partial charge < -0.3 is 4.90 Å². The second-order valence-electron chi connectivity index (χ2n) is 5.18. The molecule has 0 amide bonds. The van der Waals surface area contributed by atoms with Crippen molar-refractivity contribution in [3.05, 3.63) is 39.7 Å². The lowest BCUT2D eigenvalue weighted by Gasteiger charge is -2.23. The number of hydrogen-bond acceptors (Lipinski definition) is 4. The highest BCUT2D eigenvalue weighted by molar-refractivity contribution is 9.09. The van der Waals surface area contributed by atoms with E-state index >= 15 is 0 Å². The summed E-state index contributed by atoms with van der Waals surface area (Å²) in [6.07, 6.45) is 4.20. The number of aliphatic imine (C=N–C) groups is 1. The van der Waals surface area contributed by atoms with Gasteiger partial charge in [-0.25, -0.2) is 0 Å². The van der Waals surface area contributed by atoms with Crippen LogP contribution in [0.5, 0.6) is 0 Å². The topological polar surface area (TPSA) is 58.7 Å². The summed E-state index contributed by atoms with van der Waals surface area (Å²) in [5, 5.41) is 10.6. The van der Waals surface area contributed by atoms with E-state index in [0.717, 1.165) is 0 Å². The van der Waals surface area contributed by atoms with E-state index in [4.69, 9.17) is 0 Å². The molecule has 0 spiro atoms. The summed E-state index contributed by atoms with van der Waals surface area (Å²) in [5.41, 5.74) is 0.204. The van der Waals surface area contributed by atoms with E-state index in [0.29, 0.717) is 18.0 Å². The maximum Gasteiger partial charge on any atom is 0.304 e. The minimum absolute atomic E-state index is 0.119. The molecular formula is C13H13BrFN3O2. The minimum Gasteiger partial charge on any atom is -0.344 e. The Kier molecular flexibility index (Phi) is 3.45. The molecule has 0 aromatic heterocycles. The minimum atomic E-state index is -0.798. The molecule has 1 aromatic carbocycles. The summed E-state index contributed by atoms with van der Waals surface area (Å²) in [6, 6.07) is 4.27. The molecule has 3 rings (SSSR count). The van der Waals surface area contributed by atoms with Crippen molar-refractivity contribution >= 4 is 28.0 Å². The van der Waals surface area contributed by atoms with Crippen molar-refractivity contribution in [3.8, 4) is 0 Å². The first-order valence-electron chi connectivity index (χ1n) is 6.42. The number of benzene rings is 1. The third kappa shape index (κ3) is 2.54. The van der Waals surface area contributed by atoms with Crippen LogP contribution >= 0.6 is 15.9 Å². The van der Waals surface area contributed by atoms with E-state index in [2.05, 4.69) is 20.9 Å². The highest BCUT2D eigenvalue weighted by atomic mass is 79.9. The molecule has 106 valence electrons. The summed E-state index contributed by atoms with van der Waals surface area (Å²) in [4.78, 5) is 16.5. The Morgan fingerprint density at radius 3 is 2.85 bits per heavy atom. The van der Waals surface area contributed by atoms with E-state index in [-0.39, 0.29) is 11.0 Å². The summed E-state index contributed by atoms with van der Waals surface area (Å²) >= 11 is 3.62. The molecule has 0 radical (unpaired) electrons. The predicted octanol–water partition coefficient (Wildman–Crippen LogP) is 3.08. The number of hydrogen-bond donors (Lipinski definition) is 0. The van der Waals surface area contributed by atoms with Crippen LogP contribution in [0.1, 0.15) is 18.4 Å². The van der Waals surface area contributed by atoms with Crippen molar-refractivity contribution in [2.75, 3.05) is 0 Å². The lowest BCUT2D eigenvalue weighted by molar-refractivity contribution is -0.387. The van der Waals surface area contributed by atoms with Crippen LogP contribution in [0, 0.1) is 21.8 Å². The molecule has 1 fully saturated rings. The summed E-state index contributed by atoms with van der Waals surface area (Å²) in [6.45, 7) is 0.484. The average molecular weight is 342 g/mol. The van der Waals surface area contributed by atoms with E-state index in [1.54, 1.807) is 12.4 Å². The number of nitro groups is 1. The SMILES string of the molecule is O=[N+]([O-])c1ccc(CN2C=NC(C3CC3)C2Br)cc1F. The van der Waals surface area contributed by atoms with Crippen LogP contribution < -0.4 is 0 Å². The maximum atomic E-state index is 13.6. The van der Waals surface area contributed by atoms with Crippen LogP contribution in [0.25, 0.3) is 0 Å². The number of rotatable bonds is 4. The molecule has 7 heteroatoms. The second-order valence-corrected chi connectivity index (χ2v) is 6.12. The Morgan fingerprint density at radius 1 is 1.50 bits per heavy atom. The number of halogens is 2. The third-order valence-corrected chi connectivity index (χ3v) is 4.73. The zero-order valence-corrected chi connectivity index (χ0v) is 12.2. The Morgan fingerprint density at radius 2 is 2.25 bits per heavy atom. The number of nitrogens with zero attached hydrogens (tertiary/aromatic N) is 3. The van der Waals surface area contributed by atoms with E-state index in [1.807, 2.05) is 4.90 Å². The van der Waals surface area contributed by atoms with E-state index in [1.165, 1.54) is 25.0 Å². The second kappa shape index (κ2) is 5.12. The van der Waals surface area contributed by atoms with Crippen LogP contribution in [0.15, 0.2) is 23.2 Å². The lowest BCUT2D eigenvalue weighted by atomic mass is 10.1. The summed E-state index contributed by atoms with van der Waals surface area (Å²) in [5.74, 6) is -0.150. The predicted molar refractivity (Wildman–Crippen MR) is 76.3 cm³/mol. The van der Waals surface area contributed by atoms with Crippen LogP contribution in [0.2, 0.25) is 0 Å². The fourth-order valence-electron chi connectivity index (χ4n) is 2.41. The molecule has 1 aromatic rings. The zero-order valence-electron chi connectivity index (χ0n) is 10.6. The molecule has 0 N–H and O–H groups in total. The van der Waals surface area contributed by atoms with Gasteiger partial charge in [0.15, 0.2) is 0 Å². The molecule has 1 aliphatic carbocycles. The highest BCUT2D eigenvalue weighted by Gasteiger charge is 2.40. The first-order valence-corrected chi connectivity index (χ1v) is 7.34. The molecular weight excluding hydrogens is 329 g/mol. The molecule has 1 saturated carbocycles. The van der Waals surface area contributed by atoms with Crippen molar-refractivity contribution in [2.45, 2.75) is 30.4 Å². The largest absolute Gasteiger partial charge is 0.344 e. The van der Waals surface area contributed by atoms with Crippen molar-refractivity contribution in [1.29, 1.82) is 0 Å². The number of nitro benzene ring substituents is 1. The Hall–Kier alpha value is -1.50. The Labute approximate surface area is 123 Å². The first-order chi connectivity index (χ1) is 9.56. The number of alkyl halides is 1. The van der Waals surface area contributed by atoms with Crippen LogP contribution in [0.3, 0.4) is 0 Å². The molecule has 1 aliphatic heterocycles. The van der Waals surface area contributed by atoms with Gasteiger partial charge >= 0.3 is 5.69 Å². The maximum absolute atomic E-state index is 13.6. The molecule has 5 nitrogen and oxygen atoms in total. The Balaban J connectivity index is 1.71. The van der Waals surface area contributed by atoms with Gasteiger partial charge in [0.25, 0.3) is 0 Å². The first kappa shape index (κ1) is 13.5. The molecule has 20 heavy (non-hydrogen) atoms. The van der Waals surface area contributed by atoms with Gasteiger partial charge in [0.2, 0.25) is 5.82 Å². The molecule has 0 saturated heterocycles. The quantitative estimate of drug-likeness (QED) is 0.366. The average Bonchev–Trinajstić information content (AvgIpc) is 3.16. The van der Waals surface area contributed by atoms with E-state index < -0.39 is 16.4 Å². The standard InChI is InChI=1S/C13H13BrFN3O2/c14-13-12(9-2-3-9)16-7-17(13)6-8-1-4-11(18(19)20)10(15)5-8/h1,4-5,7,9,12-13H,2-3,6H2. The van der Waals surface area contributed by atoms with Crippen LogP contribution in [0.4, 0.5) is 10.1 Å². The molecule has 2 unspecified atom stereocenters. The van der Waals surface area contributed by atoms with Gasteiger partial charge in [-0.1, -0.05) is 22.0 Å². The van der Waals surface area contributed by atoms with Gasteiger partial charge in [0.05, 0.1) is 17.3 Å². The molecule has 0 bridgehead atoms. The van der Waals surface area contributed by atoms with Crippen molar-refractivity contribution < 1.29 is 9.31 Å². The smallest absolute Gasteiger partial charge is 0.304 e. The van der Waals surface area contributed by atoms with Gasteiger partial charge in [-0.3, -0.25) is 15.1 Å². The summed E-state index contributed by atoms with van der Waals surface area (Å²) in [7, 11) is 0. The highest BCUT2D eigenvalue weighted by Crippen LogP contribution is 2.40. The normalized spacial score (nSPS) is 25.2. The van der Waals surface area contributed by atoms with Crippen LogP contribution in [-0.2, 0) is 6.54 Å². The third-order valence-electron chi connectivity index (χ3n) is 3.66. The van der Waals surface area contributed by atoms with Gasteiger partial charge in [0.1, 0.15) is 4.95 Å². The lowest BCUT2D eigenvalue weighted by Crippen LogP contribution is -2.31. The Bertz CT molecular complexity index is 577. The molecule has 2 atom stereocenters. The van der Waals surface area contributed by atoms with Gasteiger partial charge in [-0.15, -0.1) is 0 Å². The fourth-order valence-corrected chi connectivity index (χ4v) is 3.23. The fraction of sp³-hybridized carbons (Fsp3) is 0.462. The van der Waals surface area contributed by atoms with Crippen LogP contribution in [-0.4, -0.2) is 27.2 Å². The van der Waals surface area contributed by atoms with E-state index in [9.17, 15) is 14.5 Å². The van der Waals surface area contributed by atoms with Crippen molar-refractivity contribution in [2.24, 2.45) is 10.9 Å². The van der Waals surface area contributed by atoms with Gasteiger partial charge in [-0.05, 0) is 30.4 Å². The zero-order chi connectivity index (χ0) is 14.3. The van der Waals surface area contributed by atoms with Gasteiger partial charge in [-0.2, -0.15) is 4.39 Å². The van der Waals surface area contributed by atoms with Crippen molar-refractivity contribution in [3.63, 3.8) is 0 Å². The summed E-state index contributed by atoms with van der Waals surface area (Å²) < 4.78 is 13.6. The molecule has 2 aliphatic rings. The molecule has 1 heterocycles. The monoisotopic (exact) mass is 341 g/mol. The van der Waals surface area contributed by atoms with Gasteiger partial charge in [0, 0.05) is 12.6 Å². The van der Waals surface area contributed by atoms with Crippen molar-refractivity contribution in [1.82, 2.24) is 4.90 Å².